The lowest BCUT2D eigenvalue weighted by molar-refractivity contribution is 0.291. The molecule has 2 aromatic carbocycles. The Morgan fingerprint density at radius 3 is 2.58 bits per heavy atom. The fourth-order valence-corrected chi connectivity index (χ4v) is 3.03. The summed E-state index contributed by atoms with van der Waals surface area (Å²) in [6.45, 7) is 6.86. The molecule has 0 saturated heterocycles. The van der Waals surface area contributed by atoms with E-state index in [2.05, 4.69) is 29.0 Å². The maximum Gasteiger partial charge on any atom is 0.120 e. The van der Waals surface area contributed by atoms with Gasteiger partial charge in [-0.25, -0.2) is 0 Å². The van der Waals surface area contributed by atoms with Crippen LogP contribution in [0.3, 0.4) is 0 Å². The van der Waals surface area contributed by atoms with E-state index in [1.165, 1.54) is 0 Å². The van der Waals surface area contributed by atoms with Crippen molar-refractivity contribution < 1.29 is 5.11 Å². The summed E-state index contributed by atoms with van der Waals surface area (Å²) >= 11 is 6.05. The summed E-state index contributed by atoms with van der Waals surface area (Å²) in [7, 11) is 0. The van der Waals surface area contributed by atoms with Crippen molar-refractivity contribution in [3.63, 3.8) is 0 Å². The molecule has 1 aromatic heterocycles. The SMILES string of the molecule is CCN(CC)Cc1cc(Nc2ccnc3cc(Cl)ccc23)ccc1O.Cl. The van der Waals surface area contributed by atoms with Gasteiger partial charge < -0.3 is 10.4 Å². The summed E-state index contributed by atoms with van der Waals surface area (Å²) in [4.78, 5) is 6.63. The highest BCUT2D eigenvalue weighted by atomic mass is 35.5. The molecule has 0 unspecified atom stereocenters. The molecule has 6 heteroatoms. The Kier molecular flexibility index (Phi) is 7.09. The third-order valence-corrected chi connectivity index (χ3v) is 4.59. The predicted molar refractivity (Wildman–Crippen MR) is 112 cm³/mol. The number of aromatic nitrogens is 1. The van der Waals surface area contributed by atoms with Gasteiger partial charge in [0.05, 0.1) is 5.52 Å². The molecule has 0 fully saturated rings. The third kappa shape index (κ3) is 4.58. The van der Waals surface area contributed by atoms with Crippen molar-refractivity contribution >= 4 is 46.3 Å². The highest BCUT2D eigenvalue weighted by Gasteiger charge is 2.09. The summed E-state index contributed by atoms with van der Waals surface area (Å²) in [6, 6.07) is 13.2. The maximum atomic E-state index is 10.2. The molecule has 0 saturated carbocycles. The lowest BCUT2D eigenvalue weighted by atomic mass is 10.1. The third-order valence-electron chi connectivity index (χ3n) is 4.35. The molecule has 0 aliphatic rings. The standard InChI is InChI=1S/C20H22ClN3O.ClH/c1-3-24(4-2)13-14-11-16(6-8-20(14)25)23-18-9-10-22-19-12-15(21)5-7-17(18)19;/h5-12,25H,3-4,13H2,1-2H3,(H,22,23);1H. The number of phenols is 1. The second-order valence-corrected chi connectivity index (χ2v) is 6.39. The zero-order valence-corrected chi connectivity index (χ0v) is 16.4. The highest BCUT2D eigenvalue weighted by molar-refractivity contribution is 6.31. The van der Waals surface area contributed by atoms with Crippen LogP contribution in [0.25, 0.3) is 10.9 Å². The van der Waals surface area contributed by atoms with Crippen molar-refractivity contribution in [3.05, 3.63) is 59.2 Å². The number of rotatable bonds is 6. The van der Waals surface area contributed by atoms with Gasteiger partial charge in [0.25, 0.3) is 0 Å². The molecule has 0 spiro atoms. The van der Waals surface area contributed by atoms with Gasteiger partial charge in [-0.3, -0.25) is 9.88 Å². The first kappa shape index (κ1) is 20.3. The van der Waals surface area contributed by atoms with Crippen molar-refractivity contribution in [2.24, 2.45) is 0 Å². The zero-order chi connectivity index (χ0) is 17.8. The van der Waals surface area contributed by atoms with Crippen LogP contribution in [-0.4, -0.2) is 28.1 Å². The second kappa shape index (κ2) is 9.08. The number of anilines is 2. The van der Waals surface area contributed by atoms with Crippen molar-refractivity contribution in [1.29, 1.82) is 0 Å². The molecular formula is C20H23Cl2N3O. The Labute approximate surface area is 165 Å². The van der Waals surface area contributed by atoms with Crippen LogP contribution in [0, 0.1) is 0 Å². The van der Waals surface area contributed by atoms with Gasteiger partial charge >= 0.3 is 0 Å². The number of hydrogen-bond donors (Lipinski definition) is 2. The Morgan fingerprint density at radius 2 is 1.85 bits per heavy atom. The predicted octanol–water partition coefficient (Wildman–Crippen LogP) is 5.60. The Morgan fingerprint density at radius 1 is 1.08 bits per heavy atom. The van der Waals surface area contributed by atoms with Crippen molar-refractivity contribution in [2.75, 3.05) is 18.4 Å². The fraction of sp³-hybridized carbons (Fsp3) is 0.250. The number of hydrogen-bond acceptors (Lipinski definition) is 4. The first-order valence-corrected chi connectivity index (χ1v) is 8.84. The van der Waals surface area contributed by atoms with Gasteiger partial charge in [-0.2, -0.15) is 0 Å². The van der Waals surface area contributed by atoms with Crippen molar-refractivity contribution in [1.82, 2.24) is 9.88 Å². The van der Waals surface area contributed by atoms with Gasteiger partial charge in [0, 0.05) is 40.1 Å². The Hall–Kier alpha value is -2.01. The number of aromatic hydroxyl groups is 1. The number of nitrogens with one attached hydrogen (secondary N) is 1. The van der Waals surface area contributed by atoms with Gasteiger partial charge in [-0.05, 0) is 55.6 Å². The number of phenolic OH excluding ortho intramolecular Hbond substituents is 1. The molecule has 4 nitrogen and oxygen atoms in total. The van der Waals surface area contributed by atoms with Crippen molar-refractivity contribution in [2.45, 2.75) is 20.4 Å². The molecule has 3 aromatic rings. The summed E-state index contributed by atoms with van der Waals surface area (Å²) in [5.41, 5.74) is 3.65. The summed E-state index contributed by atoms with van der Waals surface area (Å²) in [5.74, 6) is 0.323. The van der Waals surface area contributed by atoms with Crippen LogP contribution < -0.4 is 5.32 Å². The van der Waals surface area contributed by atoms with Gasteiger partial charge in [0.2, 0.25) is 0 Å². The quantitative estimate of drug-likeness (QED) is 0.536. The van der Waals surface area contributed by atoms with E-state index >= 15 is 0 Å². The molecule has 0 aliphatic carbocycles. The molecule has 3 rings (SSSR count). The molecule has 0 radical (unpaired) electrons. The van der Waals surface area contributed by atoms with E-state index in [1.807, 2.05) is 36.4 Å². The van der Waals surface area contributed by atoms with E-state index in [0.29, 0.717) is 10.8 Å². The van der Waals surface area contributed by atoms with E-state index < -0.39 is 0 Å². The first-order chi connectivity index (χ1) is 12.1. The Balaban J connectivity index is 0.00000243. The van der Waals surface area contributed by atoms with Crippen LogP contribution in [0.1, 0.15) is 19.4 Å². The average Bonchev–Trinajstić information content (AvgIpc) is 2.62. The molecule has 138 valence electrons. The molecule has 0 amide bonds. The maximum absolute atomic E-state index is 10.2. The fourth-order valence-electron chi connectivity index (χ4n) is 2.86. The van der Waals surface area contributed by atoms with Gasteiger partial charge in [-0.1, -0.05) is 25.4 Å². The van der Waals surface area contributed by atoms with Crippen LogP contribution in [0.15, 0.2) is 48.7 Å². The number of halogens is 2. The van der Waals surface area contributed by atoms with E-state index in [1.54, 1.807) is 12.3 Å². The van der Waals surface area contributed by atoms with Gasteiger partial charge in [-0.15, -0.1) is 12.4 Å². The van der Waals surface area contributed by atoms with Crippen LogP contribution in [0.5, 0.6) is 5.75 Å². The molecule has 0 bridgehead atoms. The second-order valence-electron chi connectivity index (χ2n) is 5.95. The van der Waals surface area contributed by atoms with Crippen LogP contribution in [0.2, 0.25) is 5.02 Å². The van der Waals surface area contributed by atoms with E-state index in [9.17, 15) is 5.11 Å². The molecule has 2 N–H and O–H groups in total. The summed E-state index contributed by atoms with van der Waals surface area (Å²) in [6.07, 6.45) is 1.76. The molecule has 0 aliphatic heterocycles. The van der Waals surface area contributed by atoms with Crippen molar-refractivity contribution in [3.8, 4) is 5.75 Å². The molecular weight excluding hydrogens is 369 g/mol. The summed E-state index contributed by atoms with van der Waals surface area (Å²) < 4.78 is 0. The molecule has 1 heterocycles. The minimum Gasteiger partial charge on any atom is -0.508 e. The van der Waals surface area contributed by atoms with E-state index in [0.717, 1.165) is 47.5 Å². The number of nitrogens with zero attached hydrogens (tertiary/aromatic N) is 2. The molecule has 0 atom stereocenters. The number of benzene rings is 2. The molecule has 26 heavy (non-hydrogen) atoms. The van der Waals surface area contributed by atoms with E-state index in [-0.39, 0.29) is 12.4 Å². The normalized spacial score (nSPS) is 10.8. The average molecular weight is 392 g/mol. The van der Waals surface area contributed by atoms with Crippen LogP contribution in [-0.2, 0) is 6.54 Å². The van der Waals surface area contributed by atoms with Crippen LogP contribution >= 0.6 is 24.0 Å². The zero-order valence-electron chi connectivity index (χ0n) is 14.9. The lowest BCUT2D eigenvalue weighted by Gasteiger charge is -2.19. The monoisotopic (exact) mass is 391 g/mol. The topological polar surface area (TPSA) is 48.4 Å². The van der Waals surface area contributed by atoms with E-state index in [4.69, 9.17) is 11.6 Å². The largest absolute Gasteiger partial charge is 0.508 e. The minimum atomic E-state index is 0. The Bertz CT molecular complexity index is 882. The lowest BCUT2D eigenvalue weighted by Crippen LogP contribution is -2.22. The number of pyridine rings is 1. The smallest absolute Gasteiger partial charge is 0.120 e. The summed E-state index contributed by atoms with van der Waals surface area (Å²) in [5, 5.41) is 15.3. The highest BCUT2D eigenvalue weighted by Crippen LogP contribution is 2.29. The number of fused-ring (bicyclic) bond motifs is 1. The van der Waals surface area contributed by atoms with Gasteiger partial charge in [0.15, 0.2) is 0 Å². The minimum absolute atomic E-state index is 0. The first-order valence-electron chi connectivity index (χ1n) is 8.46. The van der Waals surface area contributed by atoms with Crippen LogP contribution in [0.4, 0.5) is 11.4 Å². The van der Waals surface area contributed by atoms with Gasteiger partial charge in [0.1, 0.15) is 5.75 Å².